The highest BCUT2D eigenvalue weighted by Crippen LogP contribution is 2.10. The molecule has 0 aliphatic heterocycles. The monoisotopic (exact) mass is 308 g/mol. The summed E-state index contributed by atoms with van der Waals surface area (Å²) < 4.78 is 0. The molecule has 4 heteroatoms. The number of benzene rings is 2. The van der Waals surface area contributed by atoms with Crippen LogP contribution in [0.25, 0.3) is 6.08 Å². The largest absolute Gasteiger partial charge is 0.396 e. The lowest BCUT2D eigenvalue weighted by molar-refractivity contribution is -0.117. The van der Waals surface area contributed by atoms with Crippen LogP contribution in [0.3, 0.4) is 0 Å². The summed E-state index contributed by atoms with van der Waals surface area (Å²) in [6, 6.07) is 17.3. The van der Waals surface area contributed by atoms with E-state index < -0.39 is 0 Å². The lowest BCUT2D eigenvalue weighted by Gasteiger charge is -2.04. The molecular formula is C19H20N2O2. The molecule has 2 N–H and O–H groups in total. The number of hydrogen-bond donors (Lipinski definition) is 2. The third-order valence-corrected chi connectivity index (χ3v) is 3.27. The molecule has 0 unspecified atom stereocenters. The first kappa shape index (κ1) is 16.6. The second-order valence-corrected chi connectivity index (χ2v) is 5.16. The van der Waals surface area contributed by atoms with Gasteiger partial charge in [-0.1, -0.05) is 60.2 Å². The zero-order chi connectivity index (χ0) is 16.5. The van der Waals surface area contributed by atoms with Crippen molar-refractivity contribution in [3.63, 3.8) is 0 Å². The van der Waals surface area contributed by atoms with Gasteiger partial charge in [0.2, 0.25) is 0 Å². The van der Waals surface area contributed by atoms with E-state index in [0.29, 0.717) is 5.57 Å². The van der Waals surface area contributed by atoms with Crippen molar-refractivity contribution < 1.29 is 9.90 Å². The highest BCUT2D eigenvalue weighted by atomic mass is 16.3. The maximum Gasteiger partial charge on any atom is 0.267 e. The SMILES string of the molecule is Cc1ccc(/C=N/NC(=O)/C(=C/c2ccccc2)CCO)cc1. The number of aliphatic hydroxyl groups is 1. The van der Waals surface area contributed by atoms with Crippen LogP contribution in [-0.4, -0.2) is 23.8 Å². The zero-order valence-corrected chi connectivity index (χ0v) is 13.1. The fourth-order valence-corrected chi connectivity index (χ4v) is 2.01. The molecule has 0 heterocycles. The number of aliphatic hydroxyl groups excluding tert-OH is 1. The molecular weight excluding hydrogens is 288 g/mol. The van der Waals surface area contributed by atoms with Gasteiger partial charge in [0, 0.05) is 18.6 Å². The van der Waals surface area contributed by atoms with Crippen molar-refractivity contribution in [2.24, 2.45) is 5.10 Å². The first-order chi connectivity index (χ1) is 11.2. The molecule has 1 amide bonds. The topological polar surface area (TPSA) is 61.7 Å². The molecule has 0 fully saturated rings. The molecule has 0 atom stereocenters. The highest BCUT2D eigenvalue weighted by Gasteiger charge is 2.08. The second-order valence-electron chi connectivity index (χ2n) is 5.16. The maximum absolute atomic E-state index is 12.2. The van der Waals surface area contributed by atoms with Gasteiger partial charge in [-0.05, 0) is 24.1 Å². The van der Waals surface area contributed by atoms with Crippen molar-refractivity contribution in [2.75, 3.05) is 6.61 Å². The number of nitrogens with one attached hydrogen (secondary N) is 1. The normalized spacial score (nSPS) is 11.7. The molecule has 2 rings (SSSR count). The van der Waals surface area contributed by atoms with Crippen molar-refractivity contribution in [3.05, 3.63) is 76.9 Å². The van der Waals surface area contributed by atoms with Crippen LogP contribution in [-0.2, 0) is 4.79 Å². The number of rotatable bonds is 6. The van der Waals surface area contributed by atoms with Gasteiger partial charge in [-0.2, -0.15) is 5.10 Å². The van der Waals surface area contributed by atoms with E-state index >= 15 is 0 Å². The summed E-state index contributed by atoms with van der Waals surface area (Å²) in [7, 11) is 0. The quantitative estimate of drug-likeness (QED) is 0.490. The summed E-state index contributed by atoms with van der Waals surface area (Å²) >= 11 is 0. The van der Waals surface area contributed by atoms with Gasteiger partial charge in [-0.15, -0.1) is 0 Å². The van der Waals surface area contributed by atoms with E-state index in [9.17, 15) is 4.79 Å². The Bertz CT molecular complexity index is 689. The number of carbonyl (C=O) groups excluding carboxylic acids is 1. The van der Waals surface area contributed by atoms with Crippen LogP contribution in [0.2, 0.25) is 0 Å². The molecule has 0 aliphatic rings. The Morgan fingerprint density at radius 2 is 1.78 bits per heavy atom. The fourth-order valence-electron chi connectivity index (χ4n) is 2.01. The fraction of sp³-hybridized carbons (Fsp3) is 0.158. The third kappa shape index (κ3) is 5.52. The number of aryl methyl sites for hydroxylation is 1. The molecule has 0 bridgehead atoms. The van der Waals surface area contributed by atoms with Crippen LogP contribution < -0.4 is 5.43 Å². The van der Waals surface area contributed by atoms with Gasteiger partial charge >= 0.3 is 0 Å². The minimum Gasteiger partial charge on any atom is -0.396 e. The predicted octanol–water partition coefficient (Wildman–Crippen LogP) is 2.91. The lowest BCUT2D eigenvalue weighted by atomic mass is 10.1. The lowest BCUT2D eigenvalue weighted by Crippen LogP contribution is -2.20. The Kier molecular flexibility index (Phi) is 6.27. The minimum atomic E-state index is -0.314. The molecule has 23 heavy (non-hydrogen) atoms. The van der Waals surface area contributed by atoms with E-state index in [-0.39, 0.29) is 18.9 Å². The summed E-state index contributed by atoms with van der Waals surface area (Å²) in [5.74, 6) is -0.314. The molecule has 0 saturated carbocycles. The van der Waals surface area contributed by atoms with Crippen LogP contribution in [0.5, 0.6) is 0 Å². The number of amides is 1. The van der Waals surface area contributed by atoms with E-state index in [1.54, 1.807) is 12.3 Å². The number of carbonyl (C=O) groups is 1. The van der Waals surface area contributed by atoms with Gasteiger partial charge < -0.3 is 5.11 Å². The van der Waals surface area contributed by atoms with Crippen molar-refractivity contribution in [1.82, 2.24) is 5.43 Å². The summed E-state index contributed by atoms with van der Waals surface area (Å²) in [5.41, 5.74) is 5.98. The standard InChI is InChI=1S/C19H20N2O2/c1-15-7-9-17(10-8-15)14-20-21-19(23)18(11-12-22)13-16-5-3-2-4-6-16/h2-10,13-14,22H,11-12H2,1H3,(H,21,23)/b18-13+,20-14+. The Labute approximate surface area is 136 Å². The zero-order valence-electron chi connectivity index (χ0n) is 13.1. The Morgan fingerprint density at radius 3 is 2.43 bits per heavy atom. The minimum absolute atomic E-state index is 0.0895. The van der Waals surface area contributed by atoms with E-state index in [1.807, 2.05) is 61.5 Å². The molecule has 2 aromatic rings. The summed E-state index contributed by atoms with van der Waals surface area (Å²) in [5, 5.41) is 13.1. The van der Waals surface area contributed by atoms with Gasteiger partial charge in [0.25, 0.3) is 5.91 Å². The molecule has 118 valence electrons. The highest BCUT2D eigenvalue weighted by molar-refractivity contribution is 5.98. The van der Waals surface area contributed by atoms with E-state index in [1.165, 1.54) is 5.56 Å². The number of hydrogen-bond acceptors (Lipinski definition) is 3. The molecule has 4 nitrogen and oxygen atoms in total. The van der Waals surface area contributed by atoms with E-state index in [0.717, 1.165) is 11.1 Å². The molecule has 0 saturated heterocycles. The Balaban J connectivity index is 2.03. The van der Waals surface area contributed by atoms with Crippen LogP contribution in [0, 0.1) is 6.92 Å². The van der Waals surface area contributed by atoms with E-state index in [4.69, 9.17) is 5.11 Å². The van der Waals surface area contributed by atoms with Crippen molar-refractivity contribution in [3.8, 4) is 0 Å². The van der Waals surface area contributed by atoms with Crippen LogP contribution in [0.4, 0.5) is 0 Å². The van der Waals surface area contributed by atoms with Crippen LogP contribution in [0.1, 0.15) is 23.1 Å². The maximum atomic E-state index is 12.2. The summed E-state index contributed by atoms with van der Waals surface area (Å²) in [4.78, 5) is 12.2. The average Bonchev–Trinajstić information content (AvgIpc) is 2.57. The van der Waals surface area contributed by atoms with Gasteiger partial charge in [0.1, 0.15) is 0 Å². The third-order valence-electron chi connectivity index (χ3n) is 3.27. The number of nitrogens with zero attached hydrogens (tertiary/aromatic N) is 1. The van der Waals surface area contributed by atoms with Crippen molar-refractivity contribution in [2.45, 2.75) is 13.3 Å². The van der Waals surface area contributed by atoms with E-state index in [2.05, 4.69) is 10.5 Å². The van der Waals surface area contributed by atoms with Gasteiger partial charge in [0.15, 0.2) is 0 Å². The first-order valence-corrected chi connectivity index (χ1v) is 7.45. The van der Waals surface area contributed by atoms with Gasteiger partial charge in [0.05, 0.1) is 6.21 Å². The van der Waals surface area contributed by atoms with Crippen LogP contribution >= 0.6 is 0 Å². The summed E-state index contributed by atoms with van der Waals surface area (Å²) in [6.45, 7) is 1.92. The predicted molar refractivity (Wildman–Crippen MR) is 93.0 cm³/mol. The number of hydrazone groups is 1. The van der Waals surface area contributed by atoms with Gasteiger partial charge in [-0.3, -0.25) is 4.79 Å². The Hall–Kier alpha value is -2.72. The molecule has 0 aliphatic carbocycles. The van der Waals surface area contributed by atoms with Crippen molar-refractivity contribution >= 4 is 18.2 Å². The first-order valence-electron chi connectivity index (χ1n) is 7.45. The molecule has 2 aromatic carbocycles. The van der Waals surface area contributed by atoms with Gasteiger partial charge in [-0.25, -0.2) is 5.43 Å². The Morgan fingerprint density at radius 1 is 1.09 bits per heavy atom. The molecule has 0 radical (unpaired) electrons. The van der Waals surface area contributed by atoms with Crippen molar-refractivity contribution in [1.29, 1.82) is 0 Å². The second kappa shape index (κ2) is 8.66. The molecule has 0 spiro atoms. The summed E-state index contributed by atoms with van der Waals surface area (Å²) in [6.07, 6.45) is 3.63. The van der Waals surface area contributed by atoms with Crippen LogP contribution in [0.15, 0.2) is 65.3 Å². The average molecular weight is 308 g/mol. The smallest absolute Gasteiger partial charge is 0.267 e. The molecule has 0 aromatic heterocycles.